The molecule has 0 rings (SSSR count). The Balaban J connectivity index is 2.97. The molecule has 0 heterocycles. The van der Waals surface area contributed by atoms with Crippen molar-refractivity contribution in [2.24, 2.45) is 0 Å². The molecule has 1 N–H and O–H groups in total. The van der Waals surface area contributed by atoms with Gasteiger partial charge in [-0.3, -0.25) is 0 Å². The molecule has 0 bridgehead atoms. The minimum absolute atomic E-state index is 0.0740. The topological polar surface area (TPSA) is 29.5 Å². The van der Waals surface area contributed by atoms with Crippen LogP contribution in [0.5, 0.6) is 0 Å². The summed E-state index contributed by atoms with van der Waals surface area (Å²) in [6, 6.07) is 0. The van der Waals surface area contributed by atoms with Crippen molar-refractivity contribution in [3.63, 3.8) is 0 Å². The molecule has 2 heteroatoms. The lowest BCUT2D eigenvalue weighted by molar-refractivity contribution is 0.0156. The fraction of sp³-hybridized carbons (Fsp3) is 0.500. The predicted octanol–water partition coefficient (Wildman–Crippen LogP) is 1.46. The van der Waals surface area contributed by atoms with Crippen LogP contribution in [0.3, 0.4) is 0 Å². The van der Waals surface area contributed by atoms with Crippen LogP contribution in [-0.4, -0.2) is 11.7 Å². The van der Waals surface area contributed by atoms with Crippen LogP contribution >= 0.6 is 0 Å². The normalized spacial score (nSPS) is 9.88. The predicted molar refractivity (Wildman–Crippen MR) is 31.6 cm³/mol. The number of hydrogen-bond acceptors (Lipinski definition) is 2. The molecule has 0 unspecified atom stereocenters. The van der Waals surface area contributed by atoms with Gasteiger partial charge in [0, 0.05) is 6.42 Å². The molecule has 2 nitrogen and oxygen atoms in total. The van der Waals surface area contributed by atoms with Gasteiger partial charge in [0.25, 0.3) is 0 Å². The van der Waals surface area contributed by atoms with Crippen molar-refractivity contribution in [2.75, 3.05) is 6.61 Å². The molecular weight excluding hydrogens is 104 g/mol. The van der Waals surface area contributed by atoms with E-state index in [0.29, 0.717) is 13.0 Å². The highest BCUT2D eigenvalue weighted by Gasteiger charge is 1.97. The molecule has 0 aliphatic rings. The summed E-state index contributed by atoms with van der Waals surface area (Å²) in [6.45, 7) is 5.62. The van der Waals surface area contributed by atoms with E-state index in [1.807, 2.05) is 6.92 Å². The largest absolute Gasteiger partial charge is 0.361 e. The Morgan fingerprint density at radius 1 is 1.88 bits per heavy atom. The molecule has 0 aromatic heterocycles. The molecule has 47 valence electrons. The van der Waals surface area contributed by atoms with E-state index in [9.17, 15) is 0 Å². The lowest BCUT2D eigenvalue weighted by Crippen LogP contribution is -1.99. The van der Waals surface area contributed by atoms with Gasteiger partial charge in [-0.15, -0.1) is 6.58 Å². The summed E-state index contributed by atoms with van der Waals surface area (Å²) < 4.78 is 4.69. The van der Waals surface area contributed by atoms with Gasteiger partial charge in [-0.05, 0) is 0 Å². The minimum atomic E-state index is 0.0740. The first-order valence-corrected chi connectivity index (χ1v) is 2.59. The van der Waals surface area contributed by atoms with Crippen LogP contribution in [0, 0.1) is 6.29 Å². The number of aliphatic hydroxyl groups is 1. The molecule has 8 heavy (non-hydrogen) atoms. The summed E-state index contributed by atoms with van der Waals surface area (Å²) in [6.07, 6.45) is 2.21. The Morgan fingerprint density at radius 3 is 2.88 bits per heavy atom. The monoisotopic (exact) mass is 115 g/mol. The highest BCUT2D eigenvalue weighted by molar-refractivity contribution is 4.67. The van der Waals surface area contributed by atoms with Gasteiger partial charge in [0.15, 0.2) is 0 Å². The van der Waals surface area contributed by atoms with Crippen LogP contribution in [0.1, 0.15) is 13.3 Å². The van der Waals surface area contributed by atoms with Crippen LogP contribution in [0.15, 0.2) is 12.7 Å². The maximum Gasteiger partial charge on any atom is 0.221 e. The molecular formula is C6H11O2. The van der Waals surface area contributed by atoms with Gasteiger partial charge in [0.1, 0.15) is 0 Å². The summed E-state index contributed by atoms with van der Waals surface area (Å²) in [5.74, 6) is 0. The fourth-order valence-corrected chi connectivity index (χ4v) is 0.257. The average Bonchev–Trinajstić information content (AvgIpc) is 1.83. The molecule has 0 aromatic carbocycles. The van der Waals surface area contributed by atoms with Crippen LogP contribution < -0.4 is 0 Å². The average molecular weight is 115 g/mol. The molecule has 0 saturated carbocycles. The number of hydrogen-bond donors (Lipinski definition) is 1. The second-order valence-electron chi connectivity index (χ2n) is 1.35. The van der Waals surface area contributed by atoms with Crippen molar-refractivity contribution in [1.82, 2.24) is 0 Å². The highest BCUT2D eigenvalue weighted by Crippen LogP contribution is 1.99. The molecule has 0 fully saturated rings. The summed E-state index contributed by atoms with van der Waals surface area (Å²) in [4.78, 5) is 0. The maximum atomic E-state index is 8.64. The van der Waals surface area contributed by atoms with E-state index in [4.69, 9.17) is 9.84 Å². The van der Waals surface area contributed by atoms with E-state index in [1.165, 1.54) is 0 Å². The molecule has 1 radical (unpaired) electrons. The van der Waals surface area contributed by atoms with Gasteiger partial charge in [0.2, 0.25) is 6.29 Å². The van der Waals surface area contributed by atoms with Gasteiger partial charge < -0.3 is 9.84 Å². The van der Waals surface area contributed by atoms with E-state index in [-0.39, 0.29) is 6.29 Å². The van der Waals surface area contributed by atoms with Crippen LogP contribution in [0.25, 0.3) is 0 Å². The fourth-order valence-electron chi connectivity index (χ4n) is 0.257. The molecule has 0 aliphatic carbocycles. The van der Waals surface area contributed by atoms with E-state index >= 15 is 0 Å². The first kappa shape index (κ1) is 7.66. The quantitative estimate of drug-likeness (QED) is 0.562. The molecule has 0 spiro atoms. The van der Waals surface area contributed by atoms with Crippen molar-refractivity contribution < 1.29 is 9.84 Å². The zero-order valence-electron chi connectivity index (χ0n) is 5.05. The van der Waals surface area contributed by atoms with Gasteiger partial charge in [0.05, 0.1) is 6.61 Å². The maximum absolute atomic E-state index is 8.64. The Kier molecular flexibility index (Phi) is 4.61. The van der Waals surface area contributed by atoms with Gasteiger partial charge in [-0.25, -0.2) is 0 Å². The third kappa shape index (κ3) is 3.84. The van der Waals surface area contributed by atoms with Crippen LogP contribution in [0.2, 0.25) is 0 Å². The third-order valence-electron chi connectivity index (χ3n) is 0.670. The van der Waals surface area contributed by atoms with Crippen molar-refractivity contribution >= 4 is 0 Å². The Bertz CT molecular complexity index is 61.5. The zero-order valence-corrected chi connectivity index (χ0v) is 5.05. The SMILES string of the molecule is C=CCO[C](O)CC. The van der Waals surface area contributed by atoms with Crippen molar-refractivity contribution in [1.29, 1.82) is 0 Å². The summed E-state index contributed by atoms with van der Waals surface area (Å²) in [5.41, 5.74) is 0. The van der Waals surface area contributed by atoms with Crippen LogP contribution in [-0.2, 0) is 4.74 Å². The second kappa shape index (κ2) is 4.81. The number of ether oxygens (including phenoxy) is 1. The van der Waals surface area contributed by atoms with E-state index < -0.39 is 0 Å². The van der Waals surface area contributed by atoms with Crippen molar-refractivity contribution in [2.45, 2.75) is 13.3 Å². The van der Waals surface area contributed by atoms with Gasteiger partial charge in [-0.1, -0.05) is 13.0 Å². The zero-order chi connectivity index (χ0) is 6.41. The molecule has 0 aromatic rings. The van der Waals surface area contributed by atoms with Crippen LogP contribution in [0.4, 0.5) is 0 Å². The van der Waals surface area contributed by atoms with E-state index in [1.54, 1.807) is 6.08 Å². The first-order chi connectivity index (χ1) is 3.81. The van der Waals surface area contributed by atoms with Gasteiger partial charge >= 0.3 is 0 Å². The van der Waals surface area contributed by atoms with Crippen molar-refractivity contribution in [3.05, 3.63) is 18.9 Å². The number of aliphatic hydroxyl groups excluding tert-OH is 1. The Hall–Kier alpha value is -0.340. The molecule has 0 saturated heterocycles. The summed E-state index contributed by atoms with van der Waals surface area (Å²) in [7, 11) is 0. The third-order valence-corrected chi connectivity index (χ3v) is 0.670. The second-order valence-corrected chi connectivity index (χ2v) is 1.35. The van der Waals surface area contributed by atoms with Gasteiger partial charge in [-0.2, -0.15) is 0 Å². The summed E-state index contributed by atoms with van der Waals surface area (Å²) in [5, 5.41) is 8.64. The minimum Gasteiger partial charge on any atom is -0.361 e. The standard InChI is InChI=1S/C6H11O2/c1-3-5-8-6(7)4-2/h3,7H,1,4-5H2,2H3. The van der Waals surface area contributed by atoms with E-state index in [0.717, 1.165) is 0 Å². The Labute approximate surface area is 49.8 Å². The summed E-state index contributed by atoms with van der Waals surface area (Å²) >= 11 is 0. The van der Waals surface area contributed by atoms with Crippen molar-refractivity contribution in [3.8, 4) is 0 Å². The molecule has 0 aliphatic heterocycles. The lowest BCUT2D eigenvalue weighted by atomic mass is 10.5. The van der Waals surface area contributed by atoms with E-state index in [2.05, 4.69) is 6.58 Å². The Morgan fingerprint density at radius 2 is 2.50 bits per heavy atom. The number of rotatable bonds is 4. The molecule has 0 amide bonds. The lowest BCUT2D eigenvalue weighted by Gasteiger charge is -2.02. The molecule has 0 atom stereocenters. The first-order valence-electron chi connectivity index (χ1n) is 2.59. The smallest absolute Gasteiger partial charge is 0.221 e. The highest BCUT2D eigenvalue weighted by atomic mass is 16.6.